The molecule has 0 spiro atoms. The molecule has 1 unspecified atom stereocenters. The summed E-state index contributed by atoms with van der Waals surface area (Å²) in [5, 5.41) is 3.50. The van der Waals surface area contributed by atoms with Gasteiger partial charge in [0.15, 0.2) is 11.2 Å². The van der Waals surface area contributed by atoms with Gasteiger partial charge in [0.25, 0.3) is 5.91 Å². The van der Waals surface area contributed by atoms with Crippen molar-refractivity contribution in [2.24, 2.45) is 0 Å². The second kappa shape index (κ2) is 8.91. The summed E-state index contributed by atoms with van der Waals surface area (Å²) in [6.45, 7) is 11.1. The molecule has 1 atom stereocenters. The molecule has 32 heavy (non-hydrogen) atoms. The van der Waals surface area contributed by atoms with Gasteiger partial charge in [0.1, 0.15) is 5.58 Å². The normalized spacial score (nSPS) is 15.8. The summed E-state index contributed by atoms with van der Waals surface area (Å²) in [5.41, 5.74) is 3.80. The Kier molecular flexibility index (Phi) is 6.20. The summed E-state index contributed by atoms with van der Waals surface area (Å²) in [4.78, 5) is 27.8. The molecule has 4 rings (SSSR count). The van der Waals surface area contributed by atoms with Gasteiger partial charge in [-0.25, -0.2) is 0 Å². The Hall–Kier alpha value is -2.92. The third-order valence-electron chi connectivity index (χ3n) is 6.31. The maximum atomic E-state index is 12.9. The standard InChI is InChI=1S/C27H32N2O3/c1-18-7-12-21-23(30)16-25(32-24(21)15-18)26(31)28-17-22(29-13-5-6-14-29)19-8-10-20(11-9-19)27(2,3)4/h7-12,15-16,22H,5-6,13-14,17H2,1-4H3,(H,28,31). The molecule has 1 aromatic heterocycles. The third-order valence-corrected chi connectivity index (χ3v) is 6.31. The van der Waals surface area contributed by atoms with Crippen LogP contribution in [-0.2, 0) is 5.41 Å². The quantitative estimate of drug-likeness (QED) is 0.619. The van der Waals surface area contributed by atoms with E-state index >= 15 is 0 Å². The van der Waals surface area contributed by atoms with Gasteiger partial charge in [0.05, 0.1) is 11.4 Å². The van der Waals surface area contributed by atoms with E-state index in [-0.39, 0.29) is 28.6 Å². The largest absolute Gasteiger partial charge is 0.451 e. The molecule has 0 bridgehead atoms. The third kappa shape index (κ3) is 4.78. The summed E-state index contributed by atoms with van der Waals surface area (Å²) in [7, 11) is 0. The molecule has 1 N–H and O–H groups in total. The van der Waals surface area contributed by atoms with E-state index in [0.717, 1.165) is 18.7 Å². The van der Waals surface area contributed by atoms with Gasteiger partial charge in [-0.05, 0) is 67.1 Å². The number of hydrogen-bond acceptors (Lipinski definition) is 4. The molecule has 1 amide bonds. The van der Waals surface area contributed by atoms with Gasteiger partial charge in [-0.3, -0.25) is 14.5 Å². The van der Waals surface area contributed by atoms with Crippen molar-refractivity contribution in [1.82, 2.24) is 10.2 Å². The monoisotopic (exact) mass is 432 g/mol. The van der Waals surface area contributed by atoms with E-state index in [1.165, 1.54) is 30.0 Å². The average molecular weight is 433 g/mol. The van der Waals surface area contributed by atoms with Gasteiger partial charge in [0, 0.05) is 12.6 Å². The van der Waals surface area contributed by atoms with Gasteiger partial charge < -0.3 is 9.73 Å². The fourth-order valence-electron chi connectivity index (χ4n) is 4.37. The van der Waals surface area contributed by atoms with Gasteiger partial charge in [-0.15, -0.1) is 0 Å². The lowest BCUT2D eigenvalue weighted by atomic mass is 9.86. The Morgan fingerprint density at radius 1 is 1.06 bits per heavy atom. The summed E-state index contributed by atoms with van der Waals surface area (Å²) in [5.74, 6) is -0.308. The lowest BCUT2D eigenvalue weighted by Gasteiger charge is -2.29. The van der Waals surface area contributed by atoms with Crippen molar-refractivity contribution in [1.29, 1.82) is 0 Å². The van der Waals surface area contributed by atoms with E-state index in [2.05, 4.69) is 55.3 Å². The van der Waals surface area contributed by atoms with Crippen LogP contribution in [0.4, 0.5) is 0 Å². The van der Waals surface area contributed by atoms with Crippen molar-refractivity contribution in [3.05, 3.63) is 81.2 Å². The van der Waals surface area contributed by atoms with Crippen LogP contribution in [0, 0.1) is 6.92 Å². The van der Waals surface area contributed by atoms with Crippen LogP contribution in [0.15, 0.2) is 57.7 Å². The molecule has 1 aliphatic rings. The Balaban J connectivity index is 1.55. The molecule has 1 saturated heterocycles. The molecule has 1 aliphatic heterocycles. The second-order valence-corrected chi connectivity index (χ2v) is 9.82. The lowest BCUT2D eigenvalue weighted by Crippen LogP contribution is -2.37. The highest BCUT2D eigenvalue weighted by atomic mass is 16.3. The van der Waals surface area contributed by atoms with Crippen LogP contribution in [0.25, 0.3) is 11.0 Å². The number of nitrogens with one attached hydrogen (secondary N) is 1. The first-order valence-corrected chi connectivity index (χ1v) is 11.4. The van der Waals surface area contributed by atoms with Gasteiger partial charge in [-0.1, -0.05) is 51.1 Å². The number of benzene rings is 2. The van der Waals surface area contributed by atoms with Crippen LogP contribution in [0.2, 0.25) is 0 Å². The maximum Gasteiger partial charge on any atom is 0.287 e. The van der Waals surface area contributed by atoms with E-state index in [1.807, 2.05) is 13.0 Å². The number of amides is 1. The molecule has 168 valence electrons. The predicted octanol–water partition coefficient (Wildman–Crippen LogP) is 4.97. The molecule has 1 fully saturated rings. The fraction of sp³-hybridized carbons (Fsp3) is 0.407. The van der Waals surface area contributed by atoms with Gasteiger partial charge in [0.2, 0.25) is 0 Å². The molecular formula is C27H32N2O3. The van der Waals surface area contributed by atoms with Crippen molar-refractivity contribution in [3.63, 3.8) is 0 Å². The first-order chi connectivity index (χ1) is 15.2. The number of nitrogens with zero attached hydrogens (tertiary/aromatic N) is 1. The zero-order chi connectivity index (χ0) is 22.9. The molecular weight excluding hydrogens is 400 g/mol. The minimum absolute atomic E-state index is 0.0522. The van der Waals surface area contributed by atoms with Crippen molar-refractivity contribution >= 4 is 16.9 Å². The molecule has 2 aromatic carbocycles. The van der Waals surface area contributed by atoms with Crippen LogP contribution in [0.1, 0.15) is 66.9 Å². The van der Waals surface area contributed by atoms with E-state index in [0.29, 0.717) is 17.5 Å². The SMILES string of the molecule is Cc1ccc2c(=O)cc(C(=O)NCC(c3ccc(C(C)(C)C)cc3)N3CCCC3)oc2c1. The average Bonchev–Trinajstić information content (AvgIpc) is 3.27. The highest BCUT2D eigenvalue weighted by molar-refractivity contribution is 5.93. The highest BCUT2D eigenvalue weighted by Crippen LogP contribution is 2.28. The zero-order valence-corrected chi connectivity index (χ0v) is 19.4. The van der Waals surface area contributed by atoms with Crippen LogP contribution in [-0.4, -0.2) is 30.4 Å². The number of fused-ring (bicyclic) bond motifs is 1. The number of carbonyl (C=O) groups is 1. The fourth-order valence-corrected chi connectivity index (χ4v) is 4.37. The Morgan fingerprint density at radius 2 is 1.75 bits per heavy atom. The molecule has 3 aromatic rings. The lowest BCUT2D eigenvalue weighted by molar-refractivity contribution is 0.0910. The summed E-state index contributed by atoms with van der Waals surface area (Å²) in [6.07, 6.45) is 2.34. The molecule has 0 saturated carbocycles. The minimum Gasteiger partial charge on any atom is -0.451 e. The number of likely N-dealkylation sites (tertiary alicyclic amines) is 1. The van der Waals surface area contributed by atoms with Crippen molar-refractivity contribution in [3.8, 4) is 0 Å². The topological polar surface area (TPSA) is 62.6 Å². The van der Waals surface area contributed by atoms with Crippen LogP contribution in [0.3, 0.4) is 0 Å². The Labute approximate surface area is 189 Å². The van der Waals surface area contributed by atoms with E-state index in [1.54, 1.807) is 12.1 Å². The van der Waals surface area contributed by atoms with Crippen LogP contribution < -0.4 is 10.7 Å². The van der Waals surface area contributed by atoms with E-state index < -0.39 is 0 Å². The smallest absolute Gasteiger partial charge is 0.287 e. The molecule has 5 heteroatoms. The van der Waals surface area contributed by atoms with Crippen molar-refractivity contribution in [2.45, 2.75) is 52.0 Å². The number of hydrogen-bond donors (Lipinski definition) is 1. The Bertz CT molecular complexity index is 1170. The molecule has 5 nitrogen and oxygen atoms in total. The first kappa shape index (κ1) is 22.3. The number of rotatable bonds is 5. The second-order valence-electron chi connectivity index (χ2n) is 9.82. The summed E-state index contributed by atoms with van der Waals surface area (Å²) in [6, 6.07) is 15.5. The molecule has 2 heterocycles. The number of aryl methyl sites for hydroxylation is 1. The Morgan fingerprint density at radius 3 is 2.41 bits per heavy atom. The molecule has 0 radical (unpaired) electrons. The first-order valence-electron chi connectivity index (χ1n) is 11.4. The van der Waals surface area contributed by atoms with Crippen LogP contribution >= 0.6 is 0 Å². The zero-order valence-electron chi connectivity index (χ0n) is 19.4. The van der Waals surface area contributed by atoms with Crippen molar-refractivity contribution in [2.75, 3.05) is 19.6 Å². The number of carbonyl (C=O) groups excluding carboxylic acids is 1. The van der Waals surface area contributed by atoms with Gasteiger partial charge in [-0.2, -0.15) is 0 Å². The molecule has 0 aliphatic carbocycles. The van der Waals surface area contributed by atoms with E-state index in [4.69, 9.17) is 4.42 Å². The minimum atomic E-state index is -0.360. The highest BCUT2D eigenvalue weighted by Gasteiger charge is 2.25. The maximum absolute atomic E-state index is 12.9. The van der Waals surface area contributed by atoms with E-state index in [9.17, 15) is 9.59 Å². The van der Waals surface area contributed by atoms with Crippen molar-refractivity contribution < 1.29 is 9.21 Å². The predicted molar refractivity (Wildman–Crippen MR) is 128 cm³/mol. The summed E-state index contributed by atoms with van der Waals surface area (Å²) >= 11 is 0. The van der Waals surface area contributed by atoms with Crippen LogP contribution in [0.5, 0.6) is 0 Å². The summed E-state index contributed by atoms with van der Waals surface area (Å²) < 4.78 is 5.78. The van der Waals surface area contributed by atoms with Gasteiger partial charge >= 0.3 is 0 Å².